The van der Waals surface area contributed by atoms with Gasteiger partial charge in [-0.25, -0.2) is 4.79 Å². The van der Waals surface area contributed by atoms with Crippen molar-refractivity contribution in [2.75, 3.05) is 0 Å². The van der Waals surface area contributed by atoms with Gasteiger partial charge in [-0.15, -0.1) is 0 Å². The molecule has 178 valence electrons. The minimum Gasteiger partial charge on any atom is -0.462 e. The monoisotopic (exact) mass is 444 g/mol. The Labute approximate surface area is 192 Å². The SMILES string of the molecule is CC(=O)O[C@@H]1CC2[C@@]3(C)CCCC(C)(C)C3CC[C@@]2(C)C2C[C@H](O)C3=CC(=O)O[C@@H]3[C@]21C. The smallest absolute Gasteiger partial charge is 0.331 e. The minimum atomic E-state index is -0.675. The highest BCUT2D eigenvalue weighted by molar-refractivity contribution is 5.86. The molecule has 5 heteroatoms. The van der Waals surface area contributed by atoms with Gasteiger partial charge in [0.1, 0.15) is 12.2 Å². The lowest BCUT2D eigenvalue weighted by Crippen LogP contribution is -2.69. The van der Waals surface area contributed by atoms with E-state index in [-0.39, 0.29) is 34.8 Å². The van der Waals surface area contributed by atoms with E-state index in [9.17, 15) is 14.7 Å². The van der Waals surface area contributed by atoms with Gasteiger partial charge in [0.05, 0.1) is 6.10 Å². The van der Waals surface area contributed by atoms with Crippen LogP contribution in [0, 0.1) is 39.4 Å². The van der Waals surface area contributed by atoms with Crippen LogP contribution >= 0.6 is 0 Å². The average molecular weight is 445 g/mol. The lowest BCUT2D eigenvalue weighted by atomic mass is 9.35. The molecule has 0 saturated heterocycles. The quantitative estimate of drug-likeness (QED) is 0.588. The maximum absolute atomic E-state index is 12.3. The number of hydrogen-bond acceptors (Lipinski definition) is 5. The number of carbonyl (C=O) groups is 2. The van der Waals surface area contributed by atoms with Gasteiger partial charge < -0.3 is 14.6 Å². The van der Waals surface area contributed by atoms with E-state index in [0.717, 1.165) is 12.8 Å². The van der Waals surface area contributed by atoms with Crippen LogP contribution < -0.4 is 0 Å². The van der Waals surface area contributed by atoms with E-state index < -0.39 is 17.6 Å². The first-order chi connectivity index (χ1) is 14.8. The molecule has 4 saturated carbocycles. The number of hydrogen-bond donors (Lipinski definition) is 1. The van der Waals surface area contributed by atoms with Gasteiger partial charge in [-0.1, -0.05) is 41.0 Å². The molecule has 0 aromatic heterocycles. The van der Waals surface area contributed by atoms with E-state index in [1.54, 1.807) is 0 Å². The van der Waals surface area contributed by atoms with Crippen molar-refractivity contribution in [3.63, 3.8) is 0 Å². The van der Waals surface area contributed by atoms with Gasteiger partial charge in [-0.05, 0) is 72.5 Å². The molecule has 5 aliphatic rings. The summed E-state index contributed by atoms with van der Waals surface area (Å²) >= 11 is 0. The van der Waals surface area contributed by atoms with Gasteiger partial charge in [0, 0.05) is 24.0 Å². The zero-order valence-electron chi connectivity index (χ0n) is 20.6. The predicted octanol–water partition coefficient (Wildman–Crippen LogP) is 4.81. The first-order valence-corrected chi connectivity index (χ1v) is 12.6. The molecular weight excluding hydrogens is 404 g/mol. The fourth-order valence-corrected chi connectivity index (χ4v) is 9.84. The minimum absolute atomic E-state index is 0.00553. The second kappa shape index (κ2) is 6.84. The highest BCUT2D eigenvalue weighted by Gasteiger charge is 2.71. The first-order valence-electron chi connectivity index (χ1n) is 12.6. The van der Waals surface area contributed by atoms with Crippen molar-refractivity contribution in [1.29, 1.82) is 0 Å². The second-order valence-corrected chi connectivity index (χ2v) is 13.0. The maximum atomic E-state index is 12.3. The summed E-state index contributed by atoms with van der Waals surface area (Å²) in [5.74, 6) is 0.512. The number of carbonyl (C=O) groups excluding carboxylic acids is 2. The Hall–Kier alpha value is -1.36. The van der Waals surface area contributed by atoms with Crippen LogP contribution in [-0.4, -0.2) is 35.4 Å². The highest BCUT2D eigenvalue weighted by Crippen LogP contribution is 2.73. The largest absolute Gasteiger partial charge is 0.462 e. The normalized spacial score (nSPS) is 51.3. The number of rotatable bonds is 1. The average Bonchev–Trinajstić information content (AvgIpc) is 3.08. The molecule has 0 amide bonds. The molecule has 3 unspecified atom stereocenters. The molecular formula is C27H40O5. The van der Waals surface area contributed by atoms with Gasteiger partial charge in [0.25, 0.3) is 0 Å². The van der Waals surface area contributed by atoms with E-state index in [2.05, 4.69) is 34.6 Å². The molecule has 4 aliphatic carbocycles. The molecule has 32 heavy (non-hydrogen) atoms. The van der Waals surface area contributed by atoms with E-state index in [1.807, 2.05) is 0 Å². The molecule has 4 fully saturated rings. The summed E-state index contributed by atoms with van der Waals surface area (Å²) < 4.78 is 11.9. The third kappa shape index (κ3) is 2.78. The number of ether oxygens (including phenoxy) is 2. The van der Waals surface area contributed by atoms with Crippen molar-refractivity contribution in [2.24, 2.45) is 39.4 Å². The Balaban J connectivity index is 1.63. The number of aliphatic hydroxyl groups is 1. The van der Waals surface area contributed by atoms with E-state index in [4.69, 9.17) is 9.47 Å². The highest BCUT2D eigenvalue weighted by atomic mass is 16.6. The van der Waals surface area contributed by atoms with Gasteiger partial charge in [0.15, 0.2) is 0 Å². The van der Waals surface area contributed by atoms with Crippen LogP contribution in [0.2, 0.25) is 0 Å². The van der Waals surface area contributed by atoms with E-state index in [0.29, 0.717) is 29.2 Å². The fraction of sp³-hybridized carbons (Fsp3) is 0.852. The lowest BCUT2D eigenvalue weighted by molar-refractivity contribution is -0.258. The van der Waals surface area contributed by atoms with Crippen molar-refractivity contribution >= 4 is 11.9 Å². The van der Waals surface area contributed by atoms with Gasteiger partial charge in [0.2, 0.25) is 0 Å². The molecule has 5 rings (SSSR count). The molecule has 0 spiro atoms. The second-order valence-electron chi connectivity index (χ2n) is 13.0. The van der Waals surface area contributed by atoms with Crippen LogP contribution in [0.1, 0.15) is 86.5 Å². The Kier molecular flexibility index (Phi) is 4.79. The summed E-state index contributed by atoms with van der Waals surface area (Å²) in [6, 6.07) is 0. The Morgan fingerprint density at radius 1 is 1.03 bits per heavy atom. The van der Waals surface area contributed by atoms with Gasteiger partial charge in [-0.3, -0.25) is 4.79 Å². The molecule has 0 radical (unpaired) electrons. The van der Waals surface area contributed by atoms with Crippen LogP contribution in [0.3, 0.4) is 0 Å². The van der Waals surface area contributed by atoms with Crippen molar-refractivity contribution in [3.8, 4) is 0 Å². The zero-order chi connectivity index (χ0) is 23.3. The summed E-state index contributed by atoms with van der Waals surface area (Å²) in [5, 5.41) is 11.1. The van der Waals surface area contributed by atoms with Crippen LogP contribution in [0.15, 0.2) is 11.6 Å². The molecule has 0 aromatic carbocycles. The van der Waals surface area contributed by atoms with Crippen LogP contribution in [0.25, 0.3) is 0 Å². The lowest BCUT2D eigenvalue weighted by Gasteiger charge is -2.70. The molecule has 1 heterocycles. The predicted molar refractivity (Wildman–Crippen MR) is 120 cm³/mol. The zero-order valence-corrected chi connectivity index (χ0v) is 20.6. The molecule has 5 nitrogen and oxygen atoms in total. The molecule has 0 aromatic rings. The van der Waals surface area contributed by atoms with Crippen LogP contribution in [0.4, 0.5) is 0 Å². The number of aliphatic hydroxyl groups excluding tert-OH is 1. The number of fused-ring (bicyclic) bond motifs is 7. The molecule has 0 bridgehead atoms. The summed E-state index contributed by atoms with van der Waals surface area (Å²) in [6.45, 7) is 13.4. The van der Waals surface area contributed by atoms with Crippen molar-refractivity contribution in [3.05, 3.63) is 11.6 Å². The Bertz CT molecular complexity index is 875. The standard InChI is InChI=1S/C27H40O5/c1-15(28)31-21-14-19-25(4)10-7-9-24(2,3)18(25)8-11-26(19,5)20-13-17(29)16-12-22(30)32-23(16)27(20,21)6/h12,17-21,23,29H,7-11,13-14H2,1-6H3/t17-,18?,19?,20?,21+,23-,25-,26+,27+/m0/s1. The van der Waals surface area contributed by atoms with Crippen molar-refractivity contribution in [1.82, 2.24) is 0 Å². The van der Waals surface area contributed by atoms with Crippen molar-refractivity contribution < 1.29 is 24.2 Å². The summed E-state index contributed by atoms with van der Waals surface area (Å²) in [5.41, 5.74) is 0.649. The molecule has 1 aliphatic heterocycles. The molecule has 9 atom stereocenters. The molecule has 1 N–H and O–H groups in total. The Morgan fingerprint density at radius 2 is 1.72 bits per heavy atom. The fourth-order valence-electron chi connectivity index (χ4n) is 9.84. The summed E-state index contributed by atoms with van der Waals surface area (Å²) in [4.78, 5) is 24.5. The summed E-state index contributed by atoms with van der Waals surface area (Å²) in [6.07, 6.45) is 7.40. The van der Waals surface area contributed by atoms with E-state index >= 15 is 0 Å². The van der Waals surface area contributed by atoms with Crippen molar-refractivity contribution in [2.45, 2.75) is 105 Å². The third-order valence-electron chi connectivity index (χ3n) is 11.1. The van der Waals surface area contributed by atoms with Gasteiger partial charge >= 0.3 is 11.9 Å². The van der Waals surface area contributed by atoms with Gasteiger partial charge in [-0.2, -0.15) is 0 Å². The van der Waals surface area contributed by atoms with Crippen LogP contribution in [0.5, 0.6) is 0 Å². The first kappa shape index (κ1) is 22.4. The van der Waals surface area contributed by atoms with E-state index in [1.165, 1.54) is 38.7 Å². The third-order valence-corrected chi connectivity index (χ3v) is 11.1. The summed E-state index contributed by atoms with van der Waals surface area (Å²) in [7, 11) is 0. The number of esters is 2. The topological polar surface area (TPSA) is 72.8 Å². The maximum Gasteiger partial charge on any atom is 0.331 e. The Morgan fingerprint density at radius 3 is 2.41 bits per heavy atom. The van der Waals surface area contributed by atoms with Crippen LogP contribution in [-0.2, 0) is 19.1 Å².